The standard InChI is InChI=1S/C12H19N3O2S/c1-15(2)12(16)11-9(13)6-10(18-11)14-7-8-4-3-5-17-8/h6,8,14H,3-5,7,13H2,1-2H3. The second-order valence-electron chi connectivity index (χ2n) is 4.61. The fourth-order valence-corrected chi connectivity index (χ4v) is 2.89. The third kappa shape index (κ3) is 2.94. The lowest BCUT2D eigenvalue weighted by Crippen LogP contribution is -2.21. The van der Waals surface area contributed by atoms with Gasteiger partial charge in [0.2, 0.25) is 0 Å². The van der Waals surface area contributed by atoms with Crippen LogP contribution >= 0.6 is 11.3 Å². The number of nitrogens with zero attached hydrogens (tertiary/aromatic N) is 1. The van der Waals surface area contributed by atoms with Gasteiger partial charge in [0.05, 0.1) is 16.8 Å². The van der Waals surface area contributed by atoms with Gasteiger partial charge in [0.25, 0.3) is 5.91 Å². The van der Waals surface area contributed by atoms with Crippen molar-refractivity contribution < 1.29 is 9.53 Å². The maximum absolute atomic E-state index is 11.8. The summed E-state index contributed by atoms with van der Waals surface area (Å²) in [6.07, 6.45) is 2.50. The van der Waals surface area contributed by atoms with Crippen molar-refractivity contribution in [3.63, 3.8) is 0 Å². The van der Waals surface area contributed by atoms with E-state index in [1.54, 1.807) is 14.1 Å². The number of carbonyl (C=O) groups is 1. The molecule has 18 heavy (non-hydrogen) atoms. The molecular weight excluding hydrogens is 250 g/mol. The summed E-state index contributed by atoms with van der Waals surface area (Å²) in [5.74, 6) is -0.0531. The Hall–Kier alpha value is -1.27. The van der Waals surface area contributed by atoms with Crippen LogP contribution in [0, 0.1) is 0 Å². The monoisotopic (exact) mass is 269 g/mol. The molecule has 2 rings (SSSR count). The van der Waals surface area contributed by atoms with Gasteiger partial charge in [-0.2, -0.15) is 0 Å². The van der Waals surface area contributed by atoms with E-state index in [4.69, 9.17) is 10.5 Å². The van der Waals surface area contributed by atoms with Crippen LogP contribution in [0.4, 0.5) is 10.7 Å². The number of ether oxygens (including phenoxy) is 1. The van der Waals surface area contributed by atoms with Crippen LogP contribution in [0.3, 0.4) is 0 Å². The zero-order chi connectivity index (χ0) is 13.1. The van der Waals surface area contributed by atoms with E-state index >= 15 is 0 Å². The number of amides is 1. The largest absolute Gasteiger partial charge is 0.397 e. The van der Waals surface area contributed by atoms with E-state index in [0.717, 1.165) is 31.0 Å². The second-order valence-corrected chi connectivity index (χ2v) is 5.66. The first-order chi connectivity index (χ1) is 8.58. The van der Waals surface area contributed by atoms with Crippen LogP contribution in [0.25, 0.3) is 0 Å². The Kier molecular flexibility index (Phi) is 4.08. The molecule has 1 saturated heterocycles. The third-order valence-corrected chi connectivity index (χ3v) is 3.99. The molecule has 1 aromatic heterocycles. The van der Waals surface area contributed by atoms with Crippen LogP contribution < -0.4 is 11.1 Å². The summed E-state index contributed by atoms with van der Waals surface area (Å²) in [5.41, 5.74) is 6.39. The van der Waals surface area contributed by atoms with Gasteiger partial charge in [-0.3, -0.25) is 4.79 Å². The van der Waals surface area contributed by atoms with Gasteiger partial charge in [0.15, 0.2) is 0 Å². The molecule has 0 aromatic carbocycles. The van der Waals surface area contributed by atoms with E-state index in [9.17, 15) is 4.79 Å². The summed E-state index contributed by atoms with van der Waals surface area (Å²) in [7, 11) is 3.45. The number of carbonyl (C=O) groups excluding carboxylic acids is 1. The lowest BCUT2D eigenvalue weighted by atomic mass is 10.2. The predicted molar refractivity (Wildman–Crippen MR) is 74.2 cm³/mol. The Balaban J connectivity index is 1.97. The fraction of sp³-hybridized carbons (Fsp3) is 0.583. The number of hydrogen-bond donors (Lipinski definition) is 2. The third-order valence-electron chi connectivity index (χ3n) is 2.89. The minimum atomic E-state index is -0.0531. The number of nitrogens with one attached hydrogen (secondary N) is 1. The topological polar surface area (TPSA) is 67.6 Å². The van der Waals surface area contributed by atoms with Gasteiger partial charge in [-0.1, -0.05) is 0 Å². The molecule has 6 heteroatoms. The molecule has 2 heterocycles. The molecule has 1 aliphatic heterocycles. The molecule has 1 amide bonds. The summed E-state index contributed by atoms with van der Waals surface area (Å²) in [6.45, 7) is 1.62. The highest BCUT2D eigenvalue weighted by Crippen LogP contribution is 2.30. The number of anilines is 2. The van der Waals surface area contributed by atoms with Crippen molar-refractivity contribution in [3.8, 4) is 0 Å². The first-order valence-electron chi connectivity index (χ1n) is 6.04. The van der Waals surface area contributed by atoms with Gasteiger partial charge in [-0.05, 0) is 18.9 Å². The lowest BCUT2D eigenvalue weighted by molar-refractivity contribution is 0.0833. The molecule has 0 aliphatic carbocycles. The zero-order valence-electron chi connectivity index (χ0n) is 10.7. The number of nitrogen functional groups attached to an aromatic ring is 1. The molecule has 3 N–H and O–H groups in total. The van der Waals surface area contributed by atoms with Crippen molar-refractivity contribution >= 4 is 27.9 Å². The van der Waals surface area contributed by atoms with E-state index in [2.05, 4.69) is 5.32 Å². The molecule has 0 radical (unpaired) electrons. The van der Waals surface area contributed by atoms with Crippen LogP contribution in [0.15, 0.2) is 6.07 Å². The van der Waals surface area contributed by atoms with E-state index in [1.165, 1.54) is 16.2 Å². The van der Waals surface area contributed by atoms with Crippen molar-refractivity contribution in [3.05, 3.63) is 10.9 Å². The molecule has 0 saturated carbocycles. The molecule has 1 fully saturated rings. The normalized spacial score (nSPS) is 18.9. The fourth-order valence-electron chi connectivity index (χ4n) is 1.88. The maximum atomic E-state index is 11.8. The Morgan fingerprint density at radius 1 is 1.67 bits per heavy atom. The Bertz CT molecular complexity index is 425. The quantitative estimate of drug-likeness (QED) is 0.871. The smallest absolute Gasteiger partial charge is 0.265 e. The van der Waals surface area contributed by atoms with Crippen molar-refractivity contribution in [1.29, 1.82) is 0 Å². The summed E-state index contributed by atoms with van der Waals surface area (Å²) < 4.78 is 5.53. The zero-order valence-corrected chi connectivity index (χ0v) is 11.5. The molecule has 0 bridgehead atoms. The maximum Gasteiger partial charge on any atom is 0.265 e. The van der Waals surface area contributed by atoms with Gasteiger partial charge in [0, 0.05) is 27.2 Å². The van der Waals surface area contributed by atoms with Crippen LogP contribution in [0.2, 0.25) is 0 Å². The van der Waals surface area contributed by atoms with Gasteiger partial charge in [0.1, 0.15) is 4.88 Å². The Labute approximate surface area is 111 Å². The van der Waals surface area contributed by atoms with Gasteiger partial charge >= 0.3 is 0 Å². The molecule has 1 aromatic rings. The predicted octanol–water partition coefficient (Wildman–Crippen LogP) is 1.62. The van der Waals surface area contributed by atoms with Crippen molar-refractivity contribution in [2.45, 2.75) is 18.9 Å². The van der Waals surface area contributed by atoms with Gasteiger partial charge in [-0.25, -0.2) is 0 Å². The number of rotatable bonds is 4. The first-order valence-corrected chi connectivity index (χ1v) is 6.86. The summed E-state index contributed by atoms with van der Waals surface area (Å²) >= 11 is 1.40. The summed E-state index contributed by atoms with van der Waals surface area (Å²) in [6, 6.07) is 1.82. The van der Waals surface area contributed by atoms with E-state index in [0.29, 0.717) is 10.6 Å². The highest BCUT2D eigenvalue weighted by molar-refractivity contribution is 7.18. The van der Waals surface area contributed by atoms with E-state index < -0.39 is 0 Å². The Morgan fingerprint density at radius 3 is 3.06 bits per heavy atom. The van der Waals surface area contributed by atoms with Crippen LogP contribution in [-0.2, 0) is 4.74 Å². The molecular formula is C12H19N3O2S. The summed E-state index contributed by atoms with van der Waals surface area (Å²) in [5, 5.41) is 4.21. The highest BCUT2D eigenvalue weighted by Gasteiger charge is 2.18. The van der Waals surface area contributed by atoms with Crippen LogP contribution in [-0.4, -0.2) is 44.2 Å². The lowest BCUT2D eigenvalue weighted by Gasteiger charge is -2.10. The molecule has 0 spiro atoms. The molecule has 1 unspecified atom stereocenters. The van der Waals surface area contributed by atoms with Gasteiger partial charge < -0.3 is 20.7 Å². The van der Waals surface area contributed by atoms with Gasteiger partial charge in [-0.15, -0.1) is 11.3 Å². The number of nitrogens with two attached hydrogens (primary N) is 1. The van der Waals surface area contributed by atoms with Crippen molar-refractivity contribution in [1.82, 2.24) is 4.90 Å². The van der Waals surface area contributed by atoms with Crippen molar-refractivity contribution in [2.24, 2.45) is 0 Å². The first kappa shape index (κ1) is 13.2. The average Bonchev–Trinajstić information content (AvgIpc) is 2.94. The second kappa shape index (κ2) is 5.58. The molecule has 100 valence electrons. The molecule has 1 aliphatic rings. The van der Waals surface area contributed by atoms with E-state index in [1.807, 2.05) is 6.07 Å². The number of thiophene rings is 1. The average molecular weight is 269 g/mol. The SMILES string of the molecule is CN(C)C(=O)c1sc(NCC2CCCO2)cc1N. The highest BCUT2D eigenvalue weighted by atomic mass is 32.1. The van der Waals surface area contributed by atoms with Crippen LogP contribution in [0.5, 0.6) is 0 Å². The van der Waals surface area contributed by atoms with Crippen LogP contribution in [0.1, 0.15) is 22.5 Å². The van der Waals surface area contributed by atoms with Crippen molar-refractivity contribution in [2.75, 3.05) is 38.3 Å². The number of hydrogen-bond acceptors (Lipinski definition) is 5. The Morgan fingerprint density at radius 2 is 2.44 bits per heavy atom. The minimum absolute atomic E-state index is 0.0531. The molecule has 1 atom stereocenters. The summed E-state index contributed by atoms with van der Waals surface area (Å²) in [4.78, 5) is 14.0. The van der Waals surface area contributed by atoms with E-state index in [-0.39, 0.29) is 12.0 Å². The molecule has 5 nitrogen and oxygen atoms in total. The minimum Gasteiger partial charge on any atom is -0.397 e.